The van der Waals surface area contributed by atoms with Gasteiger partial charge in [-0.2, -0.15) is 0 Å². The Morgan fingerprint density at radius 1 is 1.23 bits per heavy atom. The maximum atomic E-state index is 12.9. The van der Waals surface area contributed by atoms with Crippen LogP contribution in [0.1, 0.15) is 42.2 Å². The average molecular weight is 353 g/mol. The summed E-state index contributed by atoms with van der Waals surface area (Å²) in [6.07, 6.45) is 6.18. The molecule has 6 nitrogen and oxygen atoms in total. The van der Waals surface area contributed by atoms with E-state index in [0.717, 1.165) is 37.6 Å². The van der Waals surface area contributed by atoms with Crippen LogP contribution in [0.25, 0.3) is 0 Å². The van der Waals surface area contributed by atoms with Crippen LogP contribution in [0.4, 0.5) is 5.69 Å². The first kappa shape index (κ1) is 15.9. The summed E-state index contributed by atoms with van der Waals surface area (Å²) in [5.74, 6) is 1.54. The van der Waals surface area contributed by atoms with Crippen molar-refractivity contribution in [1.82, 2.24) is 9.88 Å². The van der Waals surface area contributed by atoms with E-state index in [0.29, 0.717) is 18.9 Å². The molecule has 136 valence electrons. The van der Waals surface area contributed by atoms with Crippen LogP contribution in [0.3, 0.4) is 0 Å². The van der Waals surface area contributed by atoms with Crippen LogP contribution in [0.15, 0.2) is 35.2 Å². The highest BCUT2D eigenvalue weighted by Gasteiger charge is 2.38. The Hall–Kier alpha value is -2.34. The third kappa shape index (κ3) is 2.88. The molecular formula is C20H23N3O3. The van der Waals surface area contributed by atoms with E-state index in [9.17, 15) is 4.79 Å². The first-order valence-corrected chi connectivity index (χ1v) is 9.43. The number of hydrogen-bond acceptors (Lipinski definition) is 5. The van der Waals surface area contributed by atoms with Gasteiger partial charge >= 0.3 is 0 Å². The van der Waals surface area contributed by atoms with Crippen molar-refractivity contribution in [1.29, 1.82) is 0 Å². The number of benzene rings is 1. The Kier molecular flexibility index (Phi) is 3.93. The van der Waals surface area contributed by atoms with Gasteiger partial charge in [0.25, 0.3) is 0 Å². The number of aromatic nitrogens is 1. The van der Waals surface area contributed by atoms with Crippen molar-refractivity contribution in [2.24, 2.45) is 5.92 Å². The monoisotopic (exact) mass is 353 g/mol. The van der Waals surface area contributed by atoms with E-state index in [4.69, 9.17) is 9.15 Å². The van der Waals surface area contributed by atoms with Crippen molar-refractivity contribution >= 4 is 11.6 Å². The van der Waals surface area contributed by atoms with E-state index in [-0.39, 0.29) is 11.9 Å². The number of carbonyl (C=O) groups excluding carboxylic acids is 1. The molecule has 1 atom stereocenters. The molecule has 1 aromatic carbocycles. The van der Waals surface area contributed by atoms with Crippen molar-refractivity contribution in [3.63, 3.8) is 0 Å². The molecule has 3 heterocycles. The minimum Gasteiger partial charge on any atom is -0.446 e. The van der Waals surface area contributed by atoms with Gasteiger partial charge in [0.05, 0.1) is 19.4 Å². The summed E-state index contributed by atoms with van der Waals surface area (Å²) in [5, 5.41) is 0. The molecule has 1 amide bonds. The minimum atomic E-state index is -0.155. The van der Waals surface area contributed by atoms with Gasteiger partial charge < -0.3 is 19.0 Å². The lowest BCUT2D eigenvalue weighted by atomic mass is 10.0. The summed E-state index contributed by atoms with van der Waals surface area (Å²) in [5.41, 5.74) is 3.57. The van der Waals surface area contributed by atoms with Crippen molar-refractivity contribution in [2.75, 3.05) is 31.2 Å². The zero-order chi connectivity index (χ0) is 17.5. The topological polar surface area (TPSA) is 58.8 Å². The van der Waals surface area contributed by atoms with E-state index in [1.165, 1.54) is 30.5 Å². The lowest BCUT2D eigenvalue weighted by molar-refractivity contribution is -0.133. The third-order valence-electron chi connectivity index (χ3n) is 5.65. The van der Waals surface area contributed by atoms with Gasteiger partial charge in [-0.05, 0) is 42.0 Å². The van der Waals surface area contributed by atoms with Gasteiger partial charge in [0.15, 0.2) is 12.2 Å². The van der Waals surface area contributed by atoms with Crippen LogP contribution in [0.5, 0.6) is 0 Å². The molecule has 1 saturated carbocycles. The Morgan fingerprint density at radius 2 is 2.08 bits per heavy atom. The molecule has 3 aliphatic rings. The van der Waals surface area contributed by atoms with Gasteiger partial charge in [-0.15, -0.1) is 0 Å². The number of fused-ring (bicyclic) bond motifs is 1. The summed E-state index contributed by atoms with van der Waals surface area (Å²) in [6.45, 7) is 4.00. The van der Waals surface area contributed by atoms with Crippen LogP contribution in [0, 0.1) is 5.92 Å². The number of nitrogens with zero attached hydrogens (tertiary/aromatic N) is 3. The van der Waals surface area contributed by atoms with Crippen LogP contribution in [-0.2, 0) is 16.1 Å². The molecule has 0 unspecified atom stereocenters. The molecule has 2 aliphatic heterocycles. The minimum absolute atomic E-state index is 0.155. The molecule has 0 spiro atoms. The number of rotatable bonds is 4. The normalized spacial score (nSPS) is 22.5. The van der Waals surface area contributed by atoms with E-state index in [1.54, 1.807) is 6.20 Å². The Morgan fingerprint density at radius 3 is 2.81 bits per heavy atom. The number of hydrogen-bond donors (Lipinski definition) is 0. The van der Waals surface area contributed by atoms with Crippen LogP contribution >= 0.6 is 0 Å². The molecule has 1 aliphatic carbocycles. The van der Waals surface area contributed by atoms with E-state index in [1.807, 2.05) is 4.90 Å². The average Bonchev–Trinajstić information content (AvgIpc) is 3.19. The lowest BCUT2D eigenvalue weighted by Gasteiger charge is -2.29. The van der Waals surface area contributed by atoms with Crippen molar-refractivity contribution in [3.8, 4) is 0 Å². The first-order chi connectivity index (χ1) is 12.8. The summed E-state index contributed by atoms with van der Waals surface area (Å²) in [6, 6.07) is 6.38. The zero-order valence-electron chi connectivity index (χ0n) is 14.8. The van der Waals surface area contributed by atoms with Gasteiger partial charge in [-0.3, -0.25) is 4.79 Å². The van der Waals surface area contributed by atoms with Crippen molar-refractivity contribution in [2.45, 2.75) is 31.8 Å². The summed E-state index contributed by atoms with van der Waals surface area (Å²) in [7, 11) is 0. The number of anilines is 1. The molecule has 1 saturated heterocycles. The van der Waals surface area contributed by atoms with Gasteiger partial charge in [0, 0.05) is 31.7 Å². The van der Waals surface area contributed by atoms with Crippen LogP contribution in [0.2, 0.25) is 0 Å². The molecule has 2 aromatic rings. The number of oxazole rings is 1. The maximum Gasteiger partial charge on any atom is 0.224 e. The Labute approximate surface area is 152 Å². The fraction of sp³-hybridized carbons (Fsp3) is 0.500. The number of ether oxygens (including phenoxy) is 1. The highest BCUT2D eigenvalue weighted by atomic mass is 16.5. The van der Waals surface area contributed by atoms with E-state index < -0.39 is 0 Å². The summed E-state index contributed by atoms with van der Waals surface area (Å²) >= 11 is 0. The number of morpholine rings is 1. The van der Waals surface area contributed by atoms with Crippen LogP contribution in [-0.4, -0.2) is 42.1 Å². The molecule has 5 rings (SSSR count). The quantitative estimate of drug-likeness (QED) is 0.846. The fourth-order valence-corrected chi connectivity index (χ4v) is 4.04. The Bertz CT molecular complexity index is 795. The second kappa shape index (κ2) is 6.43. The second-order valence-corrected chi connectivity index (χ2v) is 7.46. The predicted molar refractivity (Wildman–Crippen MR) is 95.7 cm³/mol. The van der Waals surface area contributed by atoms with Gasteiger partial charge in [-0.25, -0.2) is 4.98 Å². The third-order valence-corrected chi connectivity index (χ3v) is 5.65. The maximum absolute atomic E-state index is 12.9. The molecule has 26 heavy (non-hydrogen) atoms. The molecule has 0 N–H and O–H groups in total. The molecule has 6 heteroatoms. The van der Waals surface area contributed by atoms with Gasteiger partial charge in [0.2, 0.25) is 5.91 Å². The molecule has 0 radical (unpaired) electrons. The molecular weight excluding hydrogens is 330 g/mol. The van der Waals surface area contributed by atoms with E-state index >= 15 is 0 Å². The molecule has 2 fully saturated rings. The standard InChI is InChI=1S/C20H23N3O3/c24-19(9-14-1-2-14)23-12-15-10-16(22-5-7-25-8-6-22)3-4-17(15)20(23)18-11-21-13-26-18/h3-4,10-11,13-14,20H,1-2,5-9,12H2/t20-/m1/s1. The van der Waals surface area contributed by atoms with Gasteiger partial charge in [-0.1, -0.05) is 6.07 Å². The predicted octanol–water partition coefficient (Wildman–Crippen LogP) is 2.74. The number of amides is 1. The van der Waals surface area contributed by atoms with Crippen molar-refractivity contribution in [3.05, 3.63) is 47.7 Å². The molecule has 1 aromatic heterocycles. The van der Waals surface area contributed by atoms with Crippen molar-refractivity contribution < 1.29 is 13.9 Å². The lowest BCUT2D eigenvalue weighted by Crippen LogP contribution is -2.36. The Balaban J connectivity index is 1.46. The SMILES string of the molecule is O=C(CC1CC1)N1Cc2cc(N3CCOCC3)ccc2[C@@H]1c1cnco1. The van der Waals surface area contributed by atoms with Gasteiger partial charge in [0.1, 0.15) is 6.04 Å². The second-order valence-electron chi connectivity index (χ2n) is 7.46. The first-order valence-electron chi connectivity index (χ1n) is 9.43. The highest BCUT2D eigenvalue weighted by molar-refractivity contribution is 5.79. The summed E-state index contributed by atoms with van der Waals surface area (Å²) in [4.78, 5) is 21.3. The number of carbonyl (C=O) groups is 1. The smallest absolute Gasteiger partial charge is 0.224 e. The molecule has 0 bridgehead atoms. The highest BCUT2D eigenvalue weighted by Crippen LogP contribution is 2.42. The largest absolute Gasteiger partial charge is 0.446 e. The fourth-order valence-electron chi connectivity index (χ4n) is 4.04. The van der Waals surface area contributed by atoms with Crippen LogP contribution < -0.4 is 4.90 Å². The zero-order valence-corrected chi connectivity index (χ0v) is 14.8. The van der Waals surface area contributed by atoms with E-state index in [2.05, 4.69) is 28.1 Å². The summed E-state index contributed by atoms with van der Waals surface area (Å²) < 4.78 is 11.0.